The Balaban J connectivity index is 2.07. The van der Waals surface area contributed by atoms with E-state index in [2.05, 4.69) is 26.1 Å². The lowest BCUT2D eigenvalue weighted by Gasteiger charge is -2.41. The number of hydrogen-bond donors (Lipinski definition) is 1. The van der Waals surface area contributed by atoms with Gasteiger partial charge in [0.15, 0.2) is 0 Å². The first-order valence-corrected chi connectivity index (χ1v) is 7.24. The van der Waals surface area contributed by atoms with Gasteiger partial charge in [-0.25, -0.2) is 4.39 Å². The van der Waals surface area contributed by atoms with Crippen LogP contribution in [0.25, 0.3) is 0 Å². The molecule has 0 aliphatic carbocycles. The Morgan fingerprint density at radius 1 is 1.40 bits per heavy atom. The molecule has 0 saturated carbocycles. The van der Waals surface area contributed by atoms with Crippen LogP contribution in [0.5, 0.6) is 0 Å². The Hall–Kier alpha value is -1.42. The van der Waals surface area contributed by atoms with Crippen molar-refractivity contribution >= 4 is 5.91 Å². The van der Waals surface area contributed by atoms with Crippen molar-refractivity contribution in [2.24, 2.45) is 5.92 Å². The molecule has 2 atom stereocenters. The third-order valence-corrected chi connectivity index (χ3v) is 3.90. The van der Waals surface area contributed by atoms with Gasteiger partial charge in [0, 0.05) is 25.2 Å². The monoisotopic (exact) mass is 278 g/mol. The third-order valence-electron chi connectivity index (χ3n) is 3.90. The van der Waals surface area contributed by atoms with Crippen LogP contribution in [-0.2, 0) is 11.2 Å². The van der Waals surface area contributed by atoms with Gasteiger partial charge in [-0.1, -0.05) is 26.0 Å². The molecule has 1 aliphatic rings. The van der Waals surface area contributed by atoms with Crippen molar-refractivity contribution in [3.63, 3.8) is 0 Å². The number of amides is 1. The highest BCUT2D eigenvalue weighted by Crippen LogP contribution is 2.17. The summed E-state index contributed by atoms with van der Waals surface area (Å²) in [7, 11) is 0. The number of carbonyl (C=O) groups is 1. The van der Waals surface area contributed by atoms with Crippen molar-refractivity contribution in [1.82, 2.24) is 10.2 Å². The second kappa shape index (κ2) is 6.35. The van der Waals surface area contributed by atoms with Gasteiger partial charge in [0.1, 0.15) is 5.82 Å². The summed E-state index contributed by atoms with van der Waals surface area (Å²) in [5.74, 6) is 0.285. The molecule has 2 unspecified atom stereocenters. The fourth-order valence-electron chi connectivity index (χ4n) is 2.69. The largest absolute Gasteiger partial charge is 0.336 e. The Bertz CT molecular complexity index is 458. The van der Waals surface area contributed by atoms with E-state index in [4.69, 9.17) is 0 Å². The Labute approximate surface area is 120 Å². The molecule has 0 bridgehead atoms. The predicted octanol–water partition coefficient (Wildman–Crippen LogP) is 2.21. The van der Waals surface area contributed by atoms with Gasteiger partial charge in [0.2, 0.25) is 5.91 Å². The average Bonchev–Trinajstić information content (AvgIpc) is 2.41. The number of hydrogen-bond acceptors (Lipinski definition) is 2. The highest BCUT2D eigenvalue weighted by molar-refractivity contribution is 5.79. The molecule has 1 saturated heterocycles. The molecule has 3 nitrogen and oxygen atoms in total. The van der Waals surface area contributed by atoms with Crippen LogP contribution in [0.3, 0.4) is 0 Å². The minimum Gasteiger partial charge on any atom is -0.336 e. The fraction of sp³-hybridized carbons (Fsp3) is 0.562. The number of rotatable bonds is 3. The first-order valence-electron chi connectivity index (χ1n) is 7.24. The van der Waals surface area contributed by atoms with Crippen molar-refractivity contribution in [1.29, 1.82) is 0 Å². The summed E-state index contributed by atoms with van der Waals surface area (Å²) in [6, 6.07) is 6.74. The molecular formula is C16H23FN2O. The van der Waals surface area contributed by atoms with Gasteiger partial charge in [0.05, 0.1) is 6.42 Å². The lowest BCUT2D eigenvalue weighted by molar-refractivity contribution is -0.135. The maximum absolute atomic E-state index is 12.9. The number of nitrogens with one attached hydrogen (secondary N) is 1. The maximum atomic E-state index is 12.9. The second-order valence-corrected chi connectivity index (χ2v) is 5.97. The van der Waals surface area contributed by atoms with Gasteiger partial charge in [-0.3, -0.25) is 4.79 Å². The van der Waals surface area contributed by atoms with E-state index in [-0.39, 0.29) is 17.8 Å². The molecule has 4 heteroatoms. The van der Waals surface area contributed by atoms with E-state index < -0.39 is 0 Å². The van der Waals surface area contributed by atoms with Gasteiger partial charge < -0.3 is 10.2 Å². The highest BCUT2D eigenvalue weighted by Gasteiger charge is 2.31. The zero-order valence-electron chi connectivity index (χ0n) is 12.4. The van der Waals surface area contributed by atoms with Crippen LogP contribution in [0.1, 0.15) is 26.3 Å². The topological polar surface area (TPSA) is 32.3 Å². The summed E-state index contributed by atoms with van der Waals surface area (Å²) in [5, 5.41) is 3.43. The summed E-state index contributed by atoms with van der Waals surface area (Å²) >= 11 is 0. The molecule has 110 valence electrons. The van der Waals surface area contributed by atoms with Gasteiger partial charge in [-0.15, -0.1) is 0 Å². The molecule has 1 heterocycles. The summed E-state index contributed by atoms with van der Waals surface area (Å²) in [6.07, 6.45) is 0.343. The first-order chi connectivity index (χ1) is 9.47. The standard InChI is InChI=1S/C16H23FN2O/c1-11(2)15-9-18-12(3)10-19(15)16(20)8-13-4-6-14(17)7-5-13/h4-7,11-12,15,18H,8-10H2,1-3H3. The smallest absolute Gasteiger partial charge is 0.227 e. The Morgan fingerprint density at radius 3 is 2.65 bits per heavy atom. The highest BCUT2D eigenvalue weighted by atomic mass is 19.1. The molecule has 0 aromatic heterocycles. The fourth-order valence-corrected chi connectivity index (χ4v) is 2.69. The maximum Gasteiger partial charge on any atom is 0.227 e. The van der Waals surface area contributed by atoms with E-state index in [1.807, 2.05) is 4.90 Å². The minimum absolute atomic E-state index is 0.128. The third kappa shape index (κ3) is 3.57. The summed E-state index contributed by atoms with van der Waals surface area (Å²) in [6.45, 7) is 7.95. The molecular weight excluding hydrogens is 255 g/mol. The van der Waals surface area contributed by atoms with E-state index in [0.29, 0.717) is 18.4 Å². The van der Waals surface area contributed by atoms with Crippen LogP contribution in [0.15, 0.2) is 24.3 Å². The number of nitrogens with zero attached hydrogens (tertiary/aromatic N) is 1. The van der Waals surface area contributed by atoms with E-state index in [9.17, 15) is 9.18 Å². The lowest BCUT2D eigenvalue weighted by Crippen LogP contribution is -2.59. The number of carbonyl (C=O) groups excluding carboxylic acids is 1. The van der Waals surface area contributed by atoms with E-state index in [1.165, 1.54) is 12.1 Å². The van der Waals surface area contributed by atoms with Crippen LogP contribution in [0, 0.1) is 11.7 Å². The lowest BCUT2D eigenvalue weighted by atomic mass is 9.97. The van der Waals surface area contributed by atoms with E-state index >= 15 is 0 Å². The Kier molecular flexibility index (Phi) is 4.76. The van der Waals surface area contributed by atoms with Crippen molar-refractivity contribution in [2.75, 3.05) is 13.1 Å². The quantitative estimate of drug-likeness (QED) is 0.919. The van der Waals surface area contributed by atoms with Gasteiger partial charge >= 0.3 is 0 Å². The van der Waals surface area contributed by atoms with E-state index in [1.54, 1.807) is 12.1 Å². The van der Waals surface area contributed by atoms with Crippen molar-refractivity contribution in [3.8, 4) is 0 Å². The molecule has 1 N–H and O–H groups in total. The molecule has 1 aromatic carbocycles. The Morgan fingerprint density at radius 2 is 2.05 bits per heavy atom. The summed E-state index contributed by atoms with van der Waals surface area (Å²) < 4.78 is 12.9. The second-order valence-electron chi connectivity index (χ2n) is 5.97. The summed E-state index contributed by atoms with van der Waals surface area (Å²) in [5.41, 5.74) is 0.866. The first kappa shape index (κ1) is 15.0. The van der Waals surface area contributed by atoms with Crippen LogP contribution < -0.4 is 5.32 Å². The van der Waals surface area contributed by atoms with Crippen LogP contribution in [-0.4, -0.2) is 36.0 Å². The van der Waals surface area contributed by atoms with Crippen molar-refractivity contribution in [2.45, 2.75) is 39.3 Å². The van der Waals surface area contributed by atoms with Crippen LogP contribution in [0.2, 0.25) is 0 Å². The van der Waals surface area contributed by atoms with Gasteiger partial charge in [0.25, 0.3) is 0 Å². The molecule has 1 fully saturated rings. The molecule has 20 heavy (non-hydrogen) atoms. The predicted molar refractivity (Wildman–Crippen MR) is 77.9 cm³/mol. The molecule has 2 rings (SSSR count). The molecule has 0 spiro atoms. The van der Waals surface area contributed by atoms with E-state index in [0.717, 1.165) is 18.7 Å². The molecule has 0 radical (unpaired) electrons. The van der Waals surface area contributed by atoms with Crippen molar-refractivity contribution < 1.29 is 9.18 Å². The molecule has 1 aliphatic heterocycles. The van der Waals surface area contributed by atoms with Crippen LogP contribution in [0.4, 0.5) is 4.39 Å². The normalized spacial score (nSPS) is 23.1. The minimum atomic E-state index is -0.267. The molecule has 1 aromatic rings. The zero-order chi connectivity index (χ0) is 14.7. The SMILES string of the molecule is CC1CN(C(=O)Cc2ccc(F)cc2)C(C(C)C)CN1. The number of benzene rings is 1. The molecule has 1 amide bonds. The van der Waals surface area contributed by atoms with Crippen molar-refractivity contribution in [3.05, 3.63) is 35.6 Å². The number of piperazine rings is 1. The average molecular weight is 278 g/mol. The number of halogens is 1. The van der Waals surface area contributed by atoms with Gasteiger partial charge in [-0.05, 0) is 30.5 Å². The zero-order valence-corrected chi connectivity index (χ0v) is 12.4. The van der Waals surface area contributed by atoms with Crippen LogP contribution >= 0.6 is 0 Å². The summed E-state index contributed by atoms with van der Waals surface area (Å²) in [4.78, 5) is 14.5. The van der Waals surface area contributed by atoms with Gasteiger partial charge in [-0.2, -0.15) is 0 Å².